The standard InChI is InChI=1S/C27H22N4O3S/c1-18-7-11-20(12-8-18)26-30-31-24(28)23(25(32)29-27(31)35-26)17-19-9-13-22(14-10-19)34-16-15-33-21-5-3-2-4-6-21/h2-14,17,28H,15-16H2,1H3. The number of benzene rings is 3. The van der Waals surface area contributed by atoms with Gasteiger partial charge in [-0.2, -0.15) is 15.1 Å². The van der Waals surface area contributed by atoms with Crippen LogP contribution < -0.4 is 9.47 Å². The molecule has 2 heterocycles. The van der Waals surface area contributed by atoms with Gasteiger partial charge in [0.25, 0.3) is 5.91 Å². The van der Waals surface area contributed by atoms with Crippen LogP contribution in [0.25, 0.3) is 6.08 Å². The quantitative estimate of drug-likeness (QED) is 0.373. The summed E-state index contributed by atoms with van der Waals surface area (Å²) in [5.74, 6) is 1.05. The van der Waals surface area contributed by atoms with Gasteiger partial charge in [-0.25, -0.2) is 0 Å². The van der Waals surface area contributed by atoms with Gasteiger partial charge in [-0.3, -0.25) is 10.2 Å². The van der Waals surface area contributed by atoms with Crippen molar-refractivity contribution in [1.82, 2.24) is 5.01 Å². The lowest BCUT2D eigenvalue weighted by atomic mass is 10.1. The van der Waals surface area contributed by atoms with Gasteiger partial charge in [0.05, 0.1) is 5.57 Å². The molecule has 1 amide bonds. The van der Waals surface area contributed by atoms with E-state index in [2.05, 4.69) is 10.1 Å². The van der Waals surface area contributed by atoms with Crippen LogP contribution in [0.5, 0.6) is 11.5 Å². The zero-order valence-corrected chi connectivity index (χ0v) is 19.8. The van der Waals surface area contributed by atoms with Crippen molar-refractivity contribution in [3.8, 4) is 11.5 Å². The minimum Gasteiger partial charge on any atom is -0.490 e. The van der Waals surface area contributed by atoms with Crippen molar-refractivity contribution in [3.05, 3.63) is 101 Å². The van der Waals surface area contributed by atoms with Crippen LogP contribution in [0, 0.1) is 12.3 Å². The maximum atomic E-state index is 12.7. The smallest absolute Gasteiger partial charge is 0.283 e. The molecule has 0 aromatic heterocycles. The number of ether oxygens (including phenoxy) is 2. The zero-order chi connectivity index (χ0) is 24.2. The van der Waals surface area contributed by atoms with Crippen molar-refractivity contribution in [2.45, 2.75) is 6.92 Å². The summed E-state index contributed by atoms with van der Waals surface area (Å²) in [6.07, 6.45) is 1.65. The molecule has 174 valence electrons. The summed E-state index contributed by atoms with van der Waals surface area (Å²) in [4.78, 5) is 16.8. The highest BCUT2D eigenvalue weighted by atomic mass is 32.2. The number of para-hydroxylation sites is 1. The molecule has 0 saturated heterocycles. The molecule has 35 heavy (non-hydrogen) atoms. The number of carbonyl (C=O) groups is 1. The van der Waals surface area contributed by atoms with Gasteiger partial charge in [0, 0.05) is 5.56 Å². The predicted molar refractivity (Wildman–Crippen MR) is 139 cm³/mol. The molecular formula is C27H22N4O3S. The third-order valence-electron chi connectivity index (χ3n) is 5.31. The fourth-order valence-corrected chi connectivity index (χ4v) is 4.36. The Hall–Kier alpha value is -4.17. The summed E-state index contributed by atoms with van der Waals surface area (Å²) in [5, 5.41) is 15.6. The average Bonchev–Trinajstić information content (AvgIpc) is 3.30. The van der Waals surface area contributed by atoms with Gasteiger partial charge in [-0.05, 0) is 54.6 Å². The molecule has 0 spiro atoms. The number of fused-ring (bicyclic) bond motifs is 1. The number of thioether (sulfide) groups is 1. The van der Waals surface area contributed by atoms with Crippen molar-refractivity contribution in [2.75, 3.05) is 13.2 Å². The first-order chi connectivity index (χ1) is 17.1. The Morgan fingerprint density at radius 2 is 1.57 bits per heavy atom. The first-order valence-corrected chi connectivity index (χ1v) is 11.9. The van der Waals surface area contributed by atoms with Crippen molar-refractivity contribution in [3.63, 3.8) is 0 Å². The molecule has 3 aromatic rings. The maximum Gasteiger partial charge on any atom is 0.283 e. The zero-order valence-electron chi connectivity index (χ0n) is 19.0. The van der Waals surface area contributed by atoms with Gasteiger partial charge in [0.1, 0.15) is 29.8 Å². The Bertz CT molecular complexity index is 1350. The Labute approximate surface area is 207 Å². The molecule has 0 radical (unpaired) electrons. The predicted octanol–water partition coefficient (Wildman–Crippen LogP) is 5.12. The molecule has 0 aliphatic carbocycles. The van der Waals surface area contributed by atoms with E-state index in [0.29, 0.717) is 29.2 Å². The highest BCUT2D eigenvalue weighted by Crippen LogP contribution is 2.31. The Kier molecular flexibility index (Phi) is 6.45. The van der Waals surface area contributed by atoms with E-state index >= 15 is 0 Å². The minimum absolute atomic E-state index is 0.00741. The summed E-state index contributed by atoms with van der Waals surface area (Å²) >= 11 is 1.29. The van der Waals surface area contributed by atoms with E-state index < -0.39 is 5.91 Å². The number of hydrazone groups is 1. The van der Waals surface area contributed by atoms with Crippen molar-refractivity contribution in [1.29, 1.82) is 5.41 Å². The van der Waals surface area contributed by atoms with Crippen LogP contribution in [0.15, 0.2) is 94.5 Å². The van der Waals surface area contributed by atoms with Gasteiger partial charge in [-0.15, -0.1) is 0 Å². The summed E-state index contributed by atoms with van der Waals surface area (Å²) in [5.41, 5.74) is 3.03. The van der Waals surface area contributed by atoms with E-state index in [-0.39, 0.29) is 11.4 Å². The number of carbonyl (C=O) groups excluding carboxylic acids is 1. The van der Waals surface area contributed by atoms with E-state index in [1.54, 1.807) is 6.08 Å². The molecule has 0 fully saturated rings. The van der Waals surface area contributed by atoms with Crippen LogP contribution in [0.4, 0.5) is 0 Å². The first-order valence-electron chi connectivity index (χ1n) is 11.0. The van der Waals surface area contributed by atoms with Crippen molar-refractivity contribution >= 4 is 39.8 Å². The summed E-state index contributed by atoms with van der Waals surface area (Å²) in [6.45, 7) is 2.86. The molecular weight excluding hydrogens is 460 g/mol. The van der Waals surface area contributed by atoms with Gasteiger partial charge in [0.2, 0.25) is 5.17 Å². The minimum atomic E-state index is -0.451. The molecule has 8 heteroatoms. The number of hydrogen-bond donors (Lipinski definition) is 1. The topological polar surface area (TPSA) is 87.3 Å². The number of amidine groups is 2. The Morgan fingerprint density at radius 3 is 2.26 bits per heavy atom. The highest BCUT2D eigenvalue weighted by molar-refractivity contribution is 8.27. The second kappa shape index (κ2) is 9.99. The largest absolute Gasteiger partial charge is 0.490 e. The van der Waals surface area contributed by atoms with E-state index in [1.807, 2.05) is 85.8 Å². The number of aliphatic imine (C=N–C) groups is 1. The van der Waals surface area contributed by atoms with E-state index in [1.165, 1.54) is 16.8 Å². The summed E-state index contributed by atoms with van der Waals surface area (Å²) < 4.78 is 11.4. The molecule has 5 rings (SSSR count). The van der Waals surface area contributed by atoms with Gasteiger partial charge in [0.15, 0.2) is 5.84 Å². The van der Waals surface area contributed by atoms with Crippen LogP contribution in [0.3, 0.4) is 0 Å². The van der Waals surface area contributed by atoms with E-state index in [0.717, 1.165) is 22.4 Å². The van der Waals surface area contributed by atoms with Crippen LogP contribution in [-0.2, 0) is 4.79 Å². The summed E-state index contributed by atoms with van der Waals surface area (Å²) in [6, 6.07) is 24.8. The fraction of sp³-hybridized carbons (Fsp3) is 0.111. The summed E-state index contributed by atoms with van der Waals surface area (Å²) in [7, 11) is 0. The molecule has 7 nitrogen and oxygen atoms in total. The van der Waals surface area contributed by atoms with Gasteiger partial charge < -0.3 is 9.47 Å². The maximum absolute atomic E-state index is 12.7. The van der Waals surface area contributed by atoms with E-state index in [9.17, 15) is 4.79 Å². The van der Waals surface area contributed by atoms with Crippen LogP contribution in [0.2, 0.25) is 0 Å². The van der Waals surface area contributed by atoms with Crippen LogP contribution >= 0.6 is 11.8 Å². The fourth-order valence-electron chi connectivity index (χ4n) is 3.47. The number of rotatable bonds is 7. The highest BCUT2D eigenvalue weighted by Gasteiger charge is 2.35. The lowest BCUT2D eigenvalue weighted by Crippen LogP contribution is -2.35. The molecule has 0 bridgehead atoms. The van der Waals surface area contributed by atoms with Crippen molar-refractivity contribution in [2.24, 2.45) is 10.1 Å². The Morgan fingerprint density at radius 1 is 0.914 bits per heavy atom. The molecule has 2 aliphatic heterocycles. The molecule has 3 aromatic carbocycles. The number of nitrogens with one attached hydrogen (secondary N) is 1. The van der Waals surface area contributed by atoms with Gasteiger partial charge in [-0.1, -0.05) is 60.2 Å². The van der Waals surface area contributed by atoms with E-state index in [4.69, 9.17) is 14.9 Å². The monoisotopic (exact) mass is 482 g/mol. The Balaban J connectivity index is 1.23. The molecule has 1 N–H and O–H groups in total. The second-order valence-electron chi connectivity index (χ2n) is 7.87. The first kappa shape index (κ1) is 22.6. The number of amides is 1. The number of nitrogens with zero attached hydrogens (tertiary/aromatic N) is 3. The number of hydrogen-bond acceptors (Lipinski definition) is 6. The normalized spacial score (nSPS) is 16.1. The third kappa shape index (κ3) is 5.17. The number of aryl methyl sites for hydroxylation is 1. The lowest BCUT2D eigenvalue weighted by molar-refractivity contribution is -0.114. The molecule has 0 saturated carbocycles. The second-order valence-corrected chi connectivity index (χ2v) is 8.83. The lowest BCUT2D eigenvalue weighted by Gasteiger charge is -2.20. The van der Waals surface area contributed by atoms with Crippen LogP contribution in [-0.4, -0.2) is 40.2 Å². The van der Waals surface area contributed by atoms with Gasteiger partial charge >= 0.3 is 0 Å². The molecule has 2 aliphatic rings. The van der Waals surface area contributed by atoms with Crippen LogP contribution in [0.1, 0.15) is 16.7 Å². The SMILES string of the molecule is Cc1ccc(C2=NN3C(=N)C(=Cc4ccc(OCCOc5ccccc5)cc4)C(=O)N=C3S2)cc1. The molecule has 0 atom stereocenters. The third-order valence-corrected chi connectivity index (χ3v) is 6.27. The average molecular weight is 483 g/mol. The molecule has 0 unspecified atom stereocenters. The van der Waals surface area contributed by atoms with Crippen molar-refractivity contribution < 1.29 is 14.3 Å².